The van der Waals surface area contributed by atoms with Crippen LogP contribution in [0.1, 0.15) is 33.4 Å². The lowest BCUT2D eigenvalue weighted by Gasteiger charge is -2.17. The lowest BCUT2D eigenvalue weighted by molar-refractivity contribution is 1.24. The smallest absolute Gasteiger partial charge is 0.120 e. The molecule has 0 bridgehead atoms. The van der Waals surface area contributed by atoms with Crippen molar-refractivity contribution in [2.24, 2.45) is 0 Å². The second-order valence-corrected chi connectivity index (χ2v) is 16.1. The third-order valence-electron chi connectivity index (χ3n) is 11.3. The Morgan fingerprint density at radius 1 is 0.183 bits per heavy atom. The first-order valence-electron chi connectivity index (χ1n) is 20.4. The molecule has 0 saturated carbocycles. The van der Waals surface area contributed by atoms with Crippen LogP contribution < -0.4 is 0 Å². The minimum atomic E-state index is 0.618. The second kappa shape index (κ2) is 14.7. The average molecular weight is 775 g/mol. The van der Waals surface area contributed by atoms with E-state index in [0.717, 1.165) is 67.5 Å². The van der Waals surface area contributed by atoms with Gasteiger partial charge in [-0.05, 0) is 41.5 Å². The van der Waals surface area contributed by atoms with E-state index >= 15 is 0 Å². The summed E-state index contributed by atoms with van der Waals surface area (Å²) in [6.45, 7) is 12.6. The molecule has 0 aliphatic carbocycles. The van der Waals surface area contributed by atoms with Gasteiger partial charge < -0.3 is 0 Å². The van der Waals surface area contributed by atoms with Crippen LogP contribution in [0, 0.1) is 41.5 Å². The fourth-order valence-electron chi connectivity index (χ4n) is 7.77. The van der Waals surface area contributed by atoms with E-state index in [1.54, 1.807) is 0 Å². The maximum absolute atomic E-state index is 5.59. The quantitative estimate of drug-likeness (QED) is 0.157. The van der Waals surface area contributed by atoms with Crippen LogP contribution >= 0.6 is 0 Å². The van der Waals surface area contributed by atoms with Crippen LogP contribution in [0.4, 0.5) is 0 Å². The van der Waals surface area contributed by atoms with Crippen LogP contribution in [0.3, 0.4) is 0 Å². The number of benzene rings is 7. The molecular weight excluding hydrogens is 733 g/mol. The van der Waals surface area contributed by atoms with Gasteiger partial charge in [-0.2, -0.15) is 0 Å². The molecule has 0 N–H and O–H groups in total. The molecule has 0 radical (unpaired) electrons. The van der Waals surface area contributed by atoms with Crippen molar-refractivity contribution in [3.05, 3.63) is 179 Å². The van der Waals surface area contributed by atoms with Crippen LogP contribution in [-0.4, -0.2) is 29.9 Å². The van der Waals surface area contributed by atoms with Gasteiger partial charge in [0.15, 0.2) is 0 Å². The van der Waals surface area contributed by atoms with Crippen molar-refractivity contribution in [2.75, 3.05) is 0 Å². The highest BCUT2D eigenvalue weighted by molar-refractivity contribution is 6.20. The summed E-state index contributed by atoms with van der Waals surface area (Å²) in [5, 5.41) is 0. The summed E-state index contributed by atoms with van der Waals surface area (Å²) in [4.78, 5) is 33.5. The van der Waals surface area contributed by atoms with Crippen molar-refractivity contribution in [3.63, 3.8) is 0 Å². The molecule has 0 aliphatic rings. The summed E-state index contributed by atoms with van der Waals surface area (Å²) in [7, 11) is 0. The van der Waals surface area contributed by atoms with Gasteiger partial charge in [-0.1, -0.05) is 179 Å². The molecule has 0 fully saturated rings. The van der Waals surface area contributed by atoms with Crippen LogP contribution in [-0.2, 0) is 0 Å². The van der Waals surface area contributed by atoms with E-state index < -0.39 is 0 Å². The number of hydrogen-bond acceptors (Lipinski definition) is 6. The summed E-state index contributed by atoms with van der Waals surface area (Å²) in [5.74, 6) is 0. The Labute approximate surface area is 349 Å². The van der Waals surface area contributed by atoms with Gasteiger partial charge >= 0.3 is 0 Å². The summed E-state index contributed by atoms with van der Waals surface area (Å²) in [6, 6.07) is 50.9. The Morgan fingerprint density at radius 2 is 0.300 bits per heavy atom. The zero-order valence-electron chi connectivity index (χ0n) is 34.5. The first-order chi connectivity index (χ1) is 29.2. The number of hydrogen-bond donors (Lipinski definition) is 0. The highest BCUT2D eigenvalue weighted by Crippen LogP contribution is 2.41. The van der Waals surface area contributed by atoms with Crippen molar-refractivity contribution >= 4 is 33.1 Å². The van der Waals surface area contributed by atoms with Crippen molar-refractivity contribution in [1.29, 1.82) is 0 Å². The fourth-order valence-corrected chi connectivity index (χ4v) is 7.77. The van der Waals surface area contributed by atoms with Crippen molar-refractivity contribution in [3.8, 4) is 67.5 Å². The molecular formula is C54H42N6. The molecule has 6 nitrogen and oxygen atoms in total. The summed E-state index contributed by atoms with van der Waals surface area (Å²) >= 11 is 0. The van der Waals surface area contributed by atoms with Gasteiger partial charge in [-0.15, -0.1) is 0 Å². The van der Waals surface area contributed by atoms with E-state index in [1.807, 2.05) is 0 Å². The summed E-state index contributed by atoms with van der Waals surface area (Å²) in [5.41, 5.74) is 21.0. The van der Waals surface area contributed by atoms with Crippen molar-refractivity contribution in [1.82, 2.24) is 29.9 Å². The predicted octanol–water partition coefficient (Wildman–Crippen LogP) is 13.4. The number of rotatable bonds is 6. The third kappa shape index (κ3) is 6.66. The van der Waals surface area contributed by atoms with Gasteiger partial charge in [0.2, 0.25) is 0 Å². The summed E-state index contributed by atoms with van der Waals surface area (Å²) in [6.07, 6.45) is 0. The van der Waals surface area contributed by atoms with E-state index in [4.69, 9.17) is 29.9 Å². The SMILES string of the molecule is Cc1ccc(-c2nc3c4nc(-c5ccc(C)cc5)c(-c5ccc(C)cc5)nc4c4nc(-c5ccc(C)cc5)c(-c5ccc(C)cc5)nc4c3nc2-c2ccc(C)cc2)cc1. The first-order valence-corrected chi connectivity index (χ1v) is 20.4. The minimum Gasteiger partial charge on any atom is -0.241 e. The monoisotopic (exact) mass is 774 g/mol. The van der Waals surface area contributed by atoms with Crippen molar-refractivity contribution < 1.29 is 0 Å². The zero-order chi connectivity index (χ0) is 41.1. The molecule has 10 aromatic rings. The first kappa shape index (κ1) is 36.9. The Balaban J connectivity index is 1.41. The Morgan fingerprint density at radius 3 is 0.417 bits per heavy atom. The van der Waals surface area contributed by atoms with Crippen LogP contribution in [0.15, 0.2) is 146 Å². The molecule has 0 spiro atoms. The van der Waals surface area contributed by atoms with Crippen LogP contribution in [0.5, 0.6) is 0 Å². The number of fused-ring (bicyclic) bond motifs is 6. The van der Waals surface area contributed by atoms with E-state index in [9.17, 15) is 0 Å². The molecule has 0 aliphatic heterocycles. The van der Waals surface area contributed by atoms with E-state index in [0.29, 0.717) is 33.1 Å². The van der Waals surface area contributed by atoms with Crippen LogP contribution in [0.25, 0.3) is 101 Å². The normalized spacial score (nSPS) is 11.5. The number of aromatic nitrogens is 6. The molecule has 10 rings (SSSR count). The molecule has 3 heterocycles. The zero-order valence-corrected chi connectivity index (χ0v) is 34.5. The van der Waals surface area contributed by atoms with Crippen molar-refractivity contribution in [2.45, 2.75) is 41.5 Å². The maximum atomic E-state index is 5.59. The lowest BCUT2D eigenvalue weighted by atomic mass is 9.99. The van der Waals surface area contributed by atoms with Crippen LogP contribution in [0.2, 0.25) is 0 Å². The molecule has 60 heavy (non-hydrogen) atoms. The van der Waals surface area contributed by atoms with Gasteiger partial charge in [-0.3, -0.25) is 0 Å². The van der Waals surface area contributed by atoms with E-state index in [1.165, 1.54) is 33.4 Å². The van der Waals surface area contributed by atoms with Gasteiger partial charge in [0.05, 0.1) is 34.2 Å². The van der Waals surface area contributed by atoms with Gasteiger partial charge in [0.25, 0.3) is 0 Å². The molecule has 3 aromatic heterocycles. The molecule has 0 unspecified atom stereocenters. The third-order valence-corrected chi connectivity index (χ3v) is 11.3. The average Bonchev–Trinajstić information content (AvgIpc) is 3.27. The molecule has 6 heteroatoms. The van der Waals surface area contributed by atoms with Gasteiger partial charge in [-0.25, -0.2) is 29.9 Å². The topological polar surface area (TPSA) is 77.3 Å². The fraction of sp³-hybridized carbons (Fsp3) is 0.111. The van der Waals surface area contributed by atoms with Gasteiger partial charge in [0, 0.05) is 33.4 Å². The maximum Gasteiger partial charge on any atom is 0.120 e. The highest BCUT2D eigenvalue weighted by atomic mass is 14.9. The largest absolute Gasteiger partial charge is 0.241 e. The molecule has 0 atom stereocenters. The molecule has 7 aromatic carbocycles. The lowest BCUT2D eigenvalue weighted by Crippen LogP contribution is -2.04. The Bertz CT molecular complexity index is 2640. The standard InChI is InChI=1S/C54H42N6/c1-31-7-19-37(20-8-31)43-44(38-21-9-32(2)10-22-38)56-50-49(55-43)51-53(59-46(40-25-13-34(4)14-26-40)45(57-51)39-23-11-33(3)12-24-39)54-52(50)58-47(41-27-15-35(5)16-28-41)48(60-54)42-29-17-36(6)18-30-42/h7-30H,1-6H3. The second-order valence-electron chi connectivity index (χ2n) is 16.1. The highest BCUT2D eigenvalue weighted by Gasteiger charge is 2.25. The van der Waals surface area contributed by atoms with Gasteiger partial charge in [0.1, 0.15) is 33.1 Å². The molecule has 0 amide bonds. The predicted molar refractivity (Wildman–Crippen MR) is 247 cm³/mol. The Kier molecular flexibility index (Phi) is 9.06. The number of aryl methyl sites for hydroxylation is 6. The van der Waals surface area contributed by atoms with E-state index in [-0.39, 0.29) is 0 Å². The molecule has 288 valence electrons. The minimum absolute atomic E-state index is 0.618. The summed E-state index contributed by atoms with van der Waals surface area (Å²) < 4.78 is 0. The molecule has 0 saturated heterocycles. The number of nitrogens with zero attached hydrogens (tertiary/aromatic N) is 6. The van der Waals surface area contributed by atoms with E-state index in [2.05, 4.69) is 187 Å². The Hall–Kier alpha value is -7.44.